The van der Waals surface area contributed by atoms with E-state index >= 15 is 0 Å². The number of carbonyl (C=O) groups is 2. The largest absolute Gasteiger partial charge is 0.348 e. The lowest BCUT2D eigenvalue weighted by Crippen LogP contribution is -2.48. The number of hydrogen-bond acceptors (Lipinski definition) is 4. The molecule has 1 rings (SSSR count). The monoisotopic (exact) mass is 290 g/mol. The number of hydrogen-bond donors (Lipinski definition) is 1. The van der Waals surface area contributed by atoms with E-state index in [0.717, 1.165) is 0 Å². The molecule has 19 heavy (non-hydrogen) atoms. The fourth-order valence-corrected chi connectivity index (χ4v) is 3.82. The summed E-state index contributed by atoms with van der Waals surface area (Å²) in [4.78, 5) is 25.1. The number of amides is 2. The third kappa shape index (κ3) is 4.49. The van der Waals surface area contributed by atoms with Crippen molar-refractivity contribution in [2.24, 2.45) is 5.92 Å². The van der Waals surface area contributed by atoms with E-state index in [2.05, 4.69) is 5.32 Å². The highest BCUT2D eigenvalue weighted by molar-refractivity contribution is 7.91. The van der Waals surface area contributed by atoms with Crippen molar-refractivity contribution >= 4 is 21.7 Å². The van der Waals surface area contributed by atoms with Gasteiger partial charge in [-0.05, 0) is 19.3 Å². The first-order valence-corrected chi connectivity index (χ1v) is 8.38. The SMILES string of the molecule is CCN(C(=O)C(=O)NCC(C)C)C1CCS(=O)(=O)C1. The van der Waals surface area contributed by atoms with Crippen molar-refractivity contribution in [2.45, 2.75) is 33.2 Å². The fraction of sp³-hybridized carbons (Fsp3) is 0.833. The molecule has 0 aromatic heterocycles. The van der Waals surface area contributed by atoms with E-state index in [4.69, 9.17) is 0 Å². The van der Waals surface area contributed by atoms with Crippen LogP contribution in [0.3, 0.4) is 0 Å². The van der Waals surface area contributed by atoms with Crippen molar-refractivity contribution in [3.63, 3.8) is 0 Å². The van der Waals surface area contributed by atoms with Crippen LogP contribution in [0.4, 0.5) is 0 Å². The molecule has 1 heterocycles. The van der Waals surface area contributed by atoms with Crippen LogP contribution in [-0.2, 0) is 19.4 Å². The molecule has 0 aromatic carbocycles. The van der Waals surface area contributed by atoms with Crippen LogP contribution in [0.25, 0.3) is 0 Å². The van der Waals surface area contributed by atoms with E-state index in [1.54, 1.807) is 6.92 Å². The van der Waals surface area contributed by atoms with Gasteiger partial charge >= 0.3 is 11.8 Å². The molecule has 0 bridgehead atoms. The van der Waals surface area contributed by atoms with Crippen LogP contribution in [0, 0.1) is 5.92 Å². The highest BCUT2D eigenvalue weighted by Crippen LogP contribution is 2.17. The van der Waals surface area contributed by atoms with Crippen molar-refractivity contribution in [1.82, 2.24) is 10.2 Å². The predicted molar refractivity (Wildman–Crippen MR) is 72.3 cm³/mol. The Morgan fingerprint density at radius 1 is 1.37 bits per heavy atom. The van der Waals surface area contributed by atoms with Crippen molar-refractivity contribution in [3.05, 3.63) is 0 Å². The number of likely N-dealkylation sites (N-methyl/N-ethyl adjacent to an activating group) is 1. The molecule has 1 atom stereocenters. The van der Waals surface area contributed by atoms with Crippen LogP contribution in [0.5, 0.6) is 0 Å². The van der Waals surface area contributed by atoms with Gasteiger partial charge in [-0.15, -0.1) is 0 Å². The Morgan fingerprint density at radius 3 is 2.42 bits per heavy atom. The summed E-state index contributed by atoms with van der Waals surface area (Å²) >= 11 is 0. The normalized spacial score (nSPS) is 21.4. The van der Waals surface area contributed by atoms with Gasteiger partial charge in [-0.3, -0.25) is 9.59 Å². The molecular formula is C12H22N2O4S. The third-order valence-electron chi connectivity index (χ3n) is 3.12. The molecule has 0 radical (unpaired) electrons. The topological polar surface area (TPSA) is 83.6 Å². The first kappa shape index (κ1) is 15.9. The minimum Gasteiger partial charge on any atom is -0.348 e. The first-order valence-electron chi connectivity index (χ1n) is 6.56. The van der Waals surface area contributed by atoms with Crippen LogP contribution >= 0.6 is 0 Å². The van der Waals surface area contributed by atoms with Gasteiger partial charge in [-0.25, -0.2) is 8.42 Å². The van der Waals surface area contributed by atoms with Crippen molar-refractivity contribution in [3.8, 4) is 0 Å². The van der Waals surface area contributed by atoms with Crippen molar-refractivity contribution in [2.75, 3.05) is 24.6 Å². The summed E-state index contributed by atoms with van der Waals surface area (Å²) in [6.45, 7) is 6.40. The molecule has 2 amide bonds. The van der Waals surface area contributed by atoms with Gasteiger partial charge in [-0.1, -0.05) is 13.8 Å². The van der Waals surface area contributed by atoms with Crippen LogP contribution in [-0.4, -0.2) is 55.8 Å². The summed E-state index contributed by atoms with van der Waals surface area (Å²) in [5.74, 6) is -0.970. The zero-order valence-corrected chi connectivity index (χ0v) is 12.5. The van der Waals surface area contributed by atoms with E-state index in [9.17, 15) is 18.0 Å². The maximum absolute atomic E-state index is 12.0. The van der Waals surface area contributed by atoms with Crippen LogP contribution in [0.2, 0.25) is 0 Å². The second-order valence-electron chi connectivity index (χ2n) is 5.25. The second kappa shape index (κ2) is 6.36. The summed E-state index contributed by atoms with van der Waals surface area (Å²) in [7, 11) is -3.06. The zero-order chi connectivity index (χ0) is 14.6. The quantitative estimate of drug-likeness (QED) is 0.726. The van der Waals surface area contributed by atoms with Gasteiger partial charge in [0.25, 0.3) is 0 Å². The number of rotatable bonds is 4. The van der Waals surface area contributed by atoms with Gasteiger partial charge in [-0.2, -0.15) is 0 Å². The molecule has 0 spiro atoms. The molecular weight excluding hydrogens is 268 g/mol. The highest BCUT2D eigenvalue weighted by Gasteiger charge is 2.35. The summed E-state index contributed by atoms with van der Waals surface area (Å²) in [5, 5.41) is 2.56. The average Bonchev–Trinajstić information content (AvgIpc) is 2.67. The molecule has 1 fully saturated rings. The van der Waals surface area contributed by atoms with Gasteiger partial charge in [0.2, 0.25) is 0 Å². The summed E-state index contributed by atoms with van der Waals surface area (Å²) in [6.07, 6.45) is 0.416. The maximum Gasteiger partial charge on any atom is 0.312 e. The van der Waals surface area contributed by atoms with Gasteiger partial charge in [0, 0.05) is 19.1 Å². The summed E-state index contributed by atoms with van der Waals surface area (Å²) in [5.41, 5.74) is 0. The number of nitrogens with one attached hydrogen (secondary N) is 1. The Morgan fingerprint density at radius 2 is 2.00 bits per heavy atom. The molecule has 7 heteroatoms. The summed E-state index contributed by atoms with van der Waals surface area (Å²) in [6, 6.07) is -0.368. The molecule has 1 unspecified atom stereocenters. The Kier molecular flexibility index (Phi) is 5.34. The standard InChI is InChI=1S/C12H22N2O4S/c1-4-14(10-5-6-19(17,18)8-10)12(16)11(15)13-7-9(2)3/h9-10H,4-8H2,1-3H3,(H,13,15). The Bertz CT molecular complexity index is 445. The minimum atomic E-state index is -3.06. The zero-order valence-electron chi connectivity index (χ0n) is 11.7. The lowest BCUT2D eigenvalue weighted by Gasteiger charge is -2.26. The lowest BCUT2D eigenvalue weighted by molar-refractivity contribution is -0.147. The van der Waals surface area contributed by atoms with Crippen molar-refractivity contribution in [1.29, 1.82) is 0 Å². The van der Waals surface area contributed by atoms with Gasteiger partial charge in [0.15, 0.2) is 9.84 Å². The molecule has 6 nitrogen and oxygen atoms in total. The highest BCUT2D eigenvalue weighted by atomic mass is 32.2. The Balaban J connectivity index is 2.64. The lowest BCUT2D eigenvalue weighted by atomic mass is 10.2. The molecule has 1 N–H and O–H groups in total. The number of nitrogens with zero attached hydrogens (tertiary/aromatic N) is 1. The van der Waals surface area contributed by atoms with Gasteiger partial charge in [0.05, 0.1) is 11.5 Å². The third-order valence-corrected chi connectivity index (χ3v) is 4.87. The van der Waals surface area contributed by atoms with Gasteiger partial charge in [0.1, 0.15) is 0 Å². The Labute approximate surface area is 114 Å². The molecule has 0 saturated carbocycles. The molecule has 0 aromatic rings. The predicted octanol–water partition coefficient (Wildman–Crippen LogP) is -0.206. The average molecular weight is 290 g/mol. The molecule has 1 saturated heterocycles. The van der Waals surface area contributed by atoms with Crippen LogP contribution < -0.4 is 5.32 Å². The van der Waals surface area contributed by atoms with Gasteiger partial charge < -0.3 is 10.2 Å². The van der Waals surface area contributed by atoms with E-state index in [1.807, 2.05) is 13.8 Å². The van der Waals surface area contributed by atoms with E-state index in [-0.39, 0.29) is 23.5 Å². The van der Waals surface area contributed by atoms with Crippen LogP contribution in [0.1, 0.15) is 27.2 Å². The van der Waals surface area contributed by atoms with Crippen LogP contribution in [0.15, 0.2) is 0 Å². The molecule has 1 aliphatic heterocycles. The summed E-state index contributed by atoms with van der Waals surface area (Å²) < 4.78 is 22.9. The van der Waals surface area contributed by atoms with Crippen molar-refractivity contribution < 1.29 is 18.0 Å². The maximum atomic E-state index is 12.0. The second-order valence-corrected chi connectivity index (χ2v) is 7.48. The smallest absolute Gasteiger partial charge is 0.312 e. The molecule has 0 aliphatic carbocycles. The van der Waals surface area contributed by atoms with E-state index in [0.29, 0.717) is 19.5 Å². The van der Waals surface area contributed by atoms with E-state index < -0.39 is 21.7 Å². The number of sulfone groups is 1. The number of carbonyl (C=O) groups excluding carboxylic acids is 2. The molecule has 110 valence electrons. The van der Waals surface area contributed by atoms with E-state index in [1.165, 1.54) is 4.90 Å². The minimum absolute atomic E-state index is 0.0377. The first-order chi connectivity index (χ1) is 8.76. The Hall–Kier alpha value is -1.11. The fourth-order valence-electron chi connectivity index (χ4n) is 2.09. The molecule has 1 aliphatic rings.